The molecule has 0 saturated heterocycles. The minimum absolute atomic E-state index is 0.0673. The van der Waals surface area contributed by atoms with Crippen LogP contribution in [0.15, 0.2) is 24.5 Å². The van der Waals surface area contributed by atoms with Gasteiger partial charge in [0.2, 0.25) is 0 Å². The summed E-state index contributed by atoms with van der Waals surface area (Å²) in [5, 5.41) is 12.2. The quantitative estimate of drug-likeness (QED) is 0.749. The van der Waals surface area contributed by atoms with Gasteiger partial charge in [-0.2, -0.15) is 0 Å². The fourth-order valence-electron chi connectivity index (χ4n) is 1.77. The highest BCUT2D eigenvalue weighted by Crippen LogP contribution is 2.08. The third kappa shape index (κ3) is 3.52. The maximum Gasteiger partial charge on any atom is 0.356 e. The molecule has 102 valence electrons. The van der Waals surface area contributed by atoms with E-state index in [0.29, 0.717) is 5.65 Å². The normalized spacial score (nSPS) is 11.3. The lowest BCUT2D eigenvalue weighted by atomic mass is 10.2. The first-order valence-electron chi connectivity index (χ1n) is 6.12. The van der Waals surface area contributed by atoms with Gasteiger partial charge in [0.05, 0.1) is 0 Å². The van der Waals surface area contributed by atoms with E-state index in [1.807, 2.05) is 32.4 Å². The number of carbonyl (C=O) groups is 1. The topological polar surface area (TPSA) is 69.9 Å². The largest absolute Gasteiger partial charge is 0.476 e. The molecule has 0 aromatic carbocycles. The number of aromatic carboxylic acids is 1. The van der Waals surface area contributed by atoms with Gasteiger partial charge < -0.3 is 19.7 Å². The van der Waals surface area contributed by atoms with Crippen LogP contribution in [0.1, 0.15) is 16.1 Å². The van der Waals surface area contributed by atoms with Gasteiger partial charge in [-0.15, -0.1) is 0 Å². The second-order valence-electron chi connectivity index (χ2n) is 4.71. The molecule has 0 aliphatic rings. The van der Waals surface area contributed by atoms with E-state index >= 15 is 0 Å². The summed E-state index contributed by atoms with van der Waals surface area (Å²) in [6, 6.07) is 3.86. The standard InChI is InChI=1S/C13H18N4O2/c1-16(2)6-4-14-8-10-3-5-17-9-11(13(18)19)15-12(17)7-10/h3,5,7,9,14H,4,6,8H2,1-2H3,(H,18,19). The summed E-state index contributed by atoms with van der Waals surface area (Å²) in [6.07, 6.45) is 3.35. The summed E-state index contributed by atoms with van der Waals surface area (Å²) >= 11 is 0. The van der Waals surface area contributed by atoms with Crippen LogP contribution in [-0.4, -0.2) is 52.5 Å². The second-order valence-corrected chi connectivity index (χ2v) is 4.71. The zero-order valence-corrected chi connectivity index (χ0v) is 11.1. The van der Waals surface area contributed by atoms with Crippen molar-refractivity contribution in [2.45, 2.75) is 6.54 Å². The monoisotopic (exact) mass is 262 g/mol. The van der Waals surface area contributed by atoms with Crippen molar-refractivity contribution in [2.24, 2.45) is 0 Å². The van der Waals surface area contributed by atoms with Crippen LogP contribution in [0.3, 0.4) is 0 Å². The minimum Gasteiger partial charge on any atom is -0.476 e. The molecular weight excluding hydrogens is 244 g/mol. The van der Waals surface area contributed by atoms with Crippen LogP contribution in [0.2, 0.25) is 0 Å². The van der Waals surface area contributed by atoms with Crippen molar-refractivity contribution in [3.63, 3.8) is 0 Å². The van der Waals surface area contributed by atoms with Gasteiger partial charge >= 0.3 is 5.97 Å². The summed E-state index contributed by atoms with van der Waals surface area (Å²) in [5.74, 6) is -1.01. The lowest BCUT2D eigenvalue weighted by Gasteiger charge is -2.10. The maximum absolute atomic E-state index is 10.8. The minimum atomic E-state index is -1.01. The molecule has 0 unspecified atom stereocenters. The predicted molar refractivity (Wildman–Crippen MR) is 72.4 cm³/mol. The molecule has 0 fully saturated rings. The molecule has 2 N–H and O–H groups in total. The number of nitrogens with zero attached hydrogens (tertiary/aromatic N) is 3. The number of pyridine rings is 1. The van der Waals surface area contributed by atoms with E-state index in [0.717, 1.165) is 25.2 Å². The van der Waals surface area contributed by atoms with Gasteiger partial charge in [-0.3, -0.25) is 0 Å². The molecule has 6 nitrogen and oxygen atoms in total. The zero-order valence-electron chi connectivity index (χ0n) is 11.1. The van der Waals surface area contributed by atoms with Crippen LogP contribution in [0.5, 0.6) is 0 Å². The van der Waals surface area contributed by atoms with Crippen LogP contribution >= 0.6 is 0 Å². The van der Waals surface area contributed by atoms with Crippen LogP contribution in [0.4, 0.5) is 0 Å². The number of fused-ring (bicyclic) bond motifs is 1. The van der Waals surface area contributed by atoms with E-state index < -0.39 is 5.97 Å². The summed E-state index contributed by atoms with van der Waals surface area (Å²) in [4.78, 5) is 17.0. The number of carboxylic acid groups (broad SMARTS) is 1. The lowest BCUT2D eigenvalue weighted by Crippen LogP contribution is -2.26. The number of likely N-dealkylation sites (N-methyl/N-ethyl adjacent to an activating group) is 1. The van der Waals surface area contributed by atoms with E-state index in [2.05, 4.69) is 15.2 Å². The van der Waals surface area contributed by atoms with Crippen LogP contribution in [-0.2, 0) is 6.54 Å². The summed E-state index contributed by atoms with van der Waals surface area (Å²) in [7, 11) is 4.07. The maximum atomic E-state index is 10.8. The van der Waals surface area contributed by atoms with Gasteiger partial charge in [-0.05, 0) is 31.8 Å². The number of hydrogen-bond donors (Lipinski definition) is 2. The fourth-order valence-corrected chi connectivity index (χ4v) is 1.77. The van der Waals surface area contributed by atoms with Gasteiger partial charge in [0.1, 0.15) is 5.65 Å². The highest BCUT2D eigenvalue weighted by molar-refractivity contribution is 5.86. The van der Waals surface area contributed by atoms with Crippen molar-refractivity contribution >= 4 is 11.6 Å². The third-order valence-corrected chi connectivity index (χ3v) is 2.81. The van der Waals surface area contributed by atoms with Gasteiger partial charge in [-0.1, -0.05) is 0 Å². The fraction of sp³-hybridized carbons (Fsp3) is 0.385. The Balaban J connectivity index is 2.02. The highest BCUT2D eigenvalue weighted by Gasteiger charge is 2.08. The molecule has 2 aromatic heterocycles. The first-order chi connectivity index (χ1) is 9.06. The van der Waals surface area contributed by atoms with Gasteiger partial charge in [-0.25, -0.2) is 9.78 Å². The van der Waals surface area contributed by atoms with Crippen LogP contribution in [0, 0.1) is 0 Å². The number of rotatable bonds is 6. The van der Waals surface area contributed by atoms with E-state index in [1.165, 1.54) is 6.20 Å². The Kier molecular flexibility index (Phi) is 4.13. The predicted octanol–water partition coefficient (Wildman–Crippen LogP) is 0.684. The number of hydrogen-bond acceptors (Lipinski definition) is 4. The number of nitrogens with one attached hydrogen (secondary N) is 1. The van der Waals surface area contributed by atoms with Crippen molar-refractivity contribution in [3.05, 3.63) is 35.8 Å². The van der Waals surface area contributed by atoms with Crippen LogP contribution < -0.4 is 5.32 Å². The summed E-state index contributed by atoms with van der Waals surface area (Å²) in [5.41, 5.74) is 1.82. The Hall–Kier alpha value is -1.92. The van der Waals surface area contributed by atoms with E-state index in [1.54, 1.807) is 4.40 Å². The molecule has 0 radical (unpaired) electrons. The van der Waals surface area contributed by atoms with E-state index in [-0.39, 0.29) is 5.69 Å². The van der Waals surface area contributed by atoms with Gasteiger partial charge in [0.25, 0.3) is 0 Å². The van der Waals surface area contributed by atoms with Gasteiger partial charge in [0.15, 0.2) is 5.69 Å². The third-order valence-electron chi connectivity index (χ3n) is 2.81. The molecule has 0 spiro atoms. The van der Waals surface area contributed by atoms with Crippen molar-refractivity contribution in [2.75, 3.05) is 27.2 Å². The van der Waals surface area contributed by atoms with Crippen molar-refractivity contribution in [3.8, 4) is 0 Å². The molecule has 19 heavy (non-hydrogen) atoms. The average Bonchev–Trinajstić information content (AvgIpc) is 2.77. The Bertz CT molecular complexity index is 577. The SMILES string of the molecule is CN(C)CCNCc1ccn2cc(C(=O)O)nc2c1. The first kappa shape index (κ1) is 13.5. The Morgan fingerprint density at radius 1 is 1.53 bits per heavy atom. The molecule has 2 aromatic rings. The Morgan fingerprint density at radius 2 is 2.32 bits per heavy atom. The number of aromatic nitrogens is 2. The Labute approximate surface area is 111 Å². The number of carboxylic acids is 1. The van der Waals surface area contributed by atoms with Crippen molar-refractivity contribution < 1.29 is 9.90 Å². The molecule has 2 rings (SSSR count). The number of imidazole rings is 1. The molecular formula is C13H18N4O2. The molecule has 0 atom stereocenters. The average molecular weight is 262 g/mol. The Morgan fingerprint density at radius 3 is 3.00 bits per heavy atom. The lowest BCUT2D eigenvalue weighted by molar-refractivity contribution is 0.0691. The first-order valence-corrected chi connectivity index (χ1v) is 6.12. The smallest absolute Gasteiger partial charge is 0.356 e. The summed E-state index contributed by atoms with van der Waals surface area (Å²) in [6.45, 7) is 2.64. The molecule has 0 amide bonds. The molecule has 0 aliphatic heterocycles. The molecule has 0 bridgehead atoms. The molecule has 2 heterocycles. The molecule has 6 heteroatoms. The molecule has 0 aliphatic carbocycles. The second kappa shape index (κ2) is 5.81. The van der Waals surface area contributed by atoms with Gasteiger partial charge in [0, 0.05) is 32.0 Å². The molecule has 0 saturated carbocycles. The summed E-state index contributed by atoms with van der Waals surface area (Å²) < 4.78 is 1.72. The van der Waals surface area contributed by atoms with Crippen molar-refractivity contribution in [1.82, 2.24) is 19.6 Å². The van der Waals surface area contributed by atoms with Crippen molar-refractivity contribution in [1.29, 1.82) is 0 Å². The van der Waals surface area contributed by atoms with Crippen LogP contribution in [0.25, 0.3) is 5.65 Å². The van der Waals surface area contributed by atoms with E-state index in [9.17, 15) is 4.79 Å². The highest BCUT2D eigenvalue weighted by atomic mass is 16.4. The zero-order chi connectivity index (χ0) is 13.8. The van der Waals surface area contributed by atoms with E-state index in [4.69, 9.17) is 5.11 Å².